The highest BCUT2D eigenvalue weighted by molar-refractivity contribution is 5.79. The highest BCUT2D eigenvalue weighted by Crippen LogP contribution is 2.08. The van der Waals surface area contributed by atoms with Crippen molar-refractivity contribution in [3.8, 4) is 0 Å². The van der Waals surface area contributed by atoms with Gasteiger partial charge in [-0.2, -0.15) is 0 Å². The summed E-state index contributed by atoms with van der Waals surface area (Å²) in [6.07, 6.45) is 4.15. The molecule has 4 heteroatoms. The topological polar surface area (TPSA) is 54.3 Å². The van der Waals surface area contributed by atoms with Crippen molar-refractivity contribution >= 4 is 5.91 Å². The van der Waals surface area contributed by atoms with E-state index in [9.17, 15) is 9.90 Å². The van der Waals surface area contributed by atoms with E-state index in [1.807, 2.05) is 49.9 Å². The SMILES string of the molecule is CCC(C)C(O)CNC(=O)C(C)n1cccc1. The maximum Gasteiger partial charge on any atom is 0.242 e. The predicted molar refractivity (Wildman–Crippen MR) is 67.6 cm³/mol. The first kappa shape index (κ1) is 13.8. The first-order valence-corrected chi connectivity index (χ1v) is 6.14. The lowest BCUT2D eigenvalue weighted by atomic mass is 10.0. The minimum Gasteiger partial charge on any atom is -0.391 e. The molecule has 4 nitrogen and oxygen atoms in total. The van der Waals surface area contributed by atoms with Crippen molar-refractivity contribution in [3.05, 3.63) is 24.5 Å². The van der Waals surface area contributed by atoms with Crippen LogP contribution in [0.5, 0.6) is 0 Å². The lowest BCUT2D eigenvalue weighted by Crippen LogP contribution is -2.38. The zero-order valence-electron chi connectivity index (χ0n) is 10.8. The minimum absolute atomic E-state index is 0.0662. The molecule has 0 bridgehead atoms. The zero-order valence-corrected chi connectivity index (χ0v) is 10.8. The van der Waals surface area contributed by atoms with E-state index in [-0.39, 0.29) is 17.9 Å². The van der Waals surface area contributed by atoms with Gasteiger partial charge in [-0.1, -0.05) is 20.3 Å². The van der Waals surface area contributed by atoms with Crippen molar-refractivity contribution in [2.24, 2.45) is 5.92 Å². The Hall–Kier alpha value is -1.29. The van der Waals surface area contributed by atoms with E-state index in [1.54, 1.807) is 0 Å². The van der Waals surface area contributed by atoms with Crippen LogP contribution in [0.25, 0.3) is 0 Å². The first-order valence-electron chi connectivity index (χ1n) is 6.14. The number of hydrogen-bond donors (Lipinski definition) is 2. The molecule has 1 heterocycles. The molecule has 17 heavy (non-hydrogen) atoms. The van der Waals surface area contributed by atoms with Gasteiger partial charge in [0.2, 0.25) is 5.91 Å². The van der Waals surface area contributed by atoms with Gasteiger partial charge in [-0.25, -0.2) is 0 Å². The van der Waals surface area contributed by atoms with Gasteiger partial charge in [0.15, 0.2) is 0 Å². The molecule has 0 fully saturated rings. The maximum absolute atomic E-state index is 11.8. The van der Waals surface area contributed by atoms with E-state index >= 15 is 0 Å². The number of carbonyl (C=O) groups excluding carboxylic acids is 1. The molecule has 1 aromatic rings. The maximum atomic E-state index is 11.8. The summed E-state index contributed by atoms with van der Waals surface area (Å²) in [7, 11) is 0. The molecule has 0 radical (unpaired) electrons. The first-order chi connectivity index (χ1) is 8.06. The Morgan fingerprint density at radius 2 is 1.94 bits per heavy atom. The van der Waals surface area contributed by atoms with Gasteiger partial charge >= 0.3 is 0 Å². The molecule has 96 valence electrons. The summed E-state index contributed by atoms with van der Waals surface area (Å²) in [5.74, 6) is 0.140. The van der Waals surface area contributed by atoms with Crippen LogP contribution in [0.15, 0.2) is 24.5 Å². The van der Waals surface area contributed by atoms with Crippen molar-refractivity contribution in [2.45, 2.75) is 39.3 Å². The monoisotopic (exact) mass is 238 g/mol. The van der Waals surface area contributed by atoms with Crippen molar-refractivity contribution in [1.29, 1.82) is 0 Å². The van der Waals surface area contributed by atoms with E-state index < -0.39 is 6.10 Å². The number of aromatic nitrogens is 1. The van der Waals surface area contributed by atoms with Crippen molar-refractivity contribution in [1.82, 2.24) is 9.88 Å². The molecule has 0 saturated carbocycles. The second-order valence-corrected chi connectivity index (χ2v) is 4.50. The summed E-state index contributed by atoms with van der Waals surface area (Å²) in [6, 6.07) is 3.53. The van der Waals surface area contributed by atoms with E-state index in [2.05, 4.69) is 5.32 Å². The summed E-state index contributed by atoms with van der Waals surface area (Å²) in [4.78, 5) is 11.8. The largest absolute Gasteiger partial charge is 0.391 e. The molecular weight excluding hydrogens is 216 g/mol. The van der Waals surface area contributed by atoms with Crippen molar-refractivity contribution in [3.63, 3.8) is 0 Å². The van der Waals surface area contributed by atoms with E-state index in [1.165, 1.54) is 0 Å². The molecule has 0 aliphatic rings. The van der Waals surface area contributed by atoms with Gasteiger partial charge < -0.3 is 15.0 Å². The number of amides is 1. The molecular formula is C13H22N2O2. The Balaban J connectivity index is 2.40. The molecule has 3 atom stereocenters. The van der Waals surface area contributed by atoms with Crippen LogP contribution in [0.2, 0.25) is 0 Å². The highest BCUT2D eigenvalue weighted by Gasteiger charge is 2.17. The Morgan fingerprint density at radius 3 is 2.47 bits per heavy atom. The number of hydrogen-bond acceptors (Lipinski definition) is 2. The standard InChI is InChI=1S/C13H22N2O2/c1-4-10(2)12(16)9-14-13(17)11(3)15-7-5-6-8-15/h5-8,10-12,16H,4,9H2,1-3H3,(H,14,17). The Labute approximate surface area is 103 Å². The molecule has 3 unspecified atom stereocenters. The van der Waals surface area contributed by atoms with Gasteiger partial charge in [0.05, 0.1) is 6.10 Å². The van der Waals surface area contributed by atoms with E-state index in [4.69, 9.17) is 0 Å². The molecule has 0 spiro atoms. The van der Waals surface area contributed by atoms with Gasteiger partial charge in [-0.3, -0.25) is 4.79 Å². The number of rotatable bonds is 6. The molecule has 0 aliphatic heterocycles. The lowest BCUT2D eigenvalue weighted by Gasteiger charge is -2.19. The fraction of sp³-hybridized carbons (Fsp3) is 0.615. The van der Waals surface area contributed by atoms with Crippen molar-refractivity contribution in [2.75, 3.05) is 6.54 Å². The number of aliphatic hydroxyl groups excluding tert-OH is 1. The van der Waals surface area contributed by atoms with Crippen molar-refractivity contribution < 1.29 is 9.90 Å². The summed E-state index contributed by atoms with van der Waals surface area (Å²) < 4.78 is 1.84. The second-order valence-electron chi connectivity index (χ2n) is 4.50. The second kappa shape index (κ2) is 6.45. The molecule has 0 aromatic carbocycles. The van der Waals surface area contributed by atoms with Gasteiger partial charge in [0, 0.05) is 18.9 Å². The average Bonchev–Trinajstić information content (AvgIpc) is 2.87. The van der Waals surface area contributed by atoms with Gasteiger partial charge in [0.25, 0.3) is 0 Å². The van der Waals surface area contributed by atoms with Crippen LogP contribution in [-0.2, 0) is 4.79 Å². The van der Waals surface area contributed by atoms with Gasteiger partial charge in [-0.15, -0.1) is 0 Å². The summed E-state index contributed by atoms with van der Waals surface area (Å²) >= 11 is 0. The van der Waals surface area contributed by atoms with Crippen LogP contribution in [0.1, 0.15) is 33.2 Å². The van der Waals surface area contributed by atoms with Crippen LogP contribution >= 0.6 is 0 Å². The normalized spacial score (nSPS) is 16.2. The summed E-state index contributed by atoms with van der Waals surface area (Å²) in [5, 5.41) is 12.5. The molecule has 1 rings (SSSR count). The fourth-order valence-electron chi connectivity index (χ4n) is 1.57. The third kappa shape index (κ3) is 3.89. The Bertz CT molecular complexity index is 335. The lowest BCUT2D eigenvalue weighted by molar-refractivity contribution is -0.124. The zero-order chi connectivity index (χ0) is 12.8. The molecule has 0 saturated heterocycles. The predicted octanol–water partition coefficient (Wildman–Crippen LogP) is 1.57. The van der Waals surface area contributed by atoms with Gasteiger partial charge in [0.1, 0.15) is 6.04 Å². The smallest absolute Gasteiger partial charge is 0.242 e. The molecule has 0 aliphatic carbocycles. The number of nitrogens with one attached hydrogen (secondary N) is 1. The van der Waals surface area contributed by atoms with E-state index in [0.717, 1.165) is 6.42 Å². The average molecular weight is 238 g/mol. The molecule has 1 amide bonds. The quantitative estimate of drug-likeness (QED) is 0.790. The van der Waals surface area contributed by atoms with Gasteiger partial charge in [-0.05, 0) is 25.0 Å². The fourth-order valence-corrected chi connectivity index (χ4v) is 1.57. The minimum atomic E-state index is -0.471. The van der Waals surface area contributed by atoms with Crippen LogP contribution in [0.3, 0.4) is 0 Å². The molecule has 1 aromatic heterocycles. The Kier molecular flexibility index (Phi) is 5.22. The third-order valence-electron chi connectivity index (χ3n) is 3.24. The Morgan fingerprint density at radius 1 is 1.35 bits per heavy atom. The number of nitrogens with zero attached hydrogens (tertiary/aromatic N) is 1. The third-order valence-corrected chi connectivity index (χ3v) is 3.24. The van der Waals surface area contributed by atoms with Crippen LogP contribution in [0.4, 0.5) is 0 Å². The summed E-state index contributed by atoms with van der Waals surface area (Å²) in [5.41, 5.74) is 0. The van der Waals surface area contributed by atoms with Crippen LogP contribution in [-0.4, -0.2) is 28.2 Å². The van der Waals surface area contributed by atoms with E-state index in [0.29, 0.717) is 6.54 Å². The highest BCUT2D eigenvalue weighted by atomic mass is 16.3. The van der Waals surface area contributed by atoms with Crippen LogP contribution in [0, 0.1) is 5.92 Å². The summed E-state index contributed by atoms with van der Waals surface area (Å²) in [6.45, 7) is 6.16. The number of carbonyl (C=O) groups is 1. The number of aliphatic hydroxyl groups is 1. The van der Waals surface area contributed by atoms with Crippen LogP contribution < -0.4 is 5.32 Å². The molecule has 2 N–H and O–H groups in total.